The molecule has 1 unspecified atom stereocenters. The summed E-state index contributed by atoms with van der Waals surface area (Å²) in [6, 6.07) is 5.60. The molecule has 2 N–H and O–H groups in total. The third-order valence-electron chi connectivity index (χ3n) is 3.82. The summed E-state index contributed by atoms with van der Waals surface area (Å²) in [4.78, 5) is 12.6. The van der Waals surface area contributed by atoms with Crippen molar-refractivity contribution in [3.05, 3.63) is 22.7 Å². The topological polar surface area (TPSA) is 50.4 Å². The van der Waals surface area contributed by atoms with Gasteiger partial charge in [-0.2, -0.15) is 0 Å². The molecule has 4 nitrogen and oxygen atoms in total. The van der Waals surface area contributed by atoms with Gasteiger partial charge < -0.3 is 15.4 Å². The van der Waals surface area contributed by atoms with Crippen molar-refractivity contribution in [3.8, 4) is 5.75 Å². The Morgan fingerprint density at radius 2 is 2.30 bits per heavy atom. The molecule has 0 bridgehead atoms. The first kappa shape index (κ1) is 15.3. The Morgan fingerprint density at radius 1 is 1.50 bits per heavy atom. The van der Waals surface area contributed by atoms with E-state index in [1.807, 2.05) is 18.2 Å². The number of carbonyl (C=O) groups is 1. The summed E-state index contributed by atoms with van der Waals surface area (Å²) in [7, 11) is 1.62. The van der Waals surface area contributed by atoms with E-state index in [1.54, 1.807) is 7.11 Å². The quantitative estimate of drug-likeness (QED) is 0.865. The summed E-state index contributed by atoms with van der Waals surface area (Å²) in [6.45, 7) is 3.79. The van der Waals surface area contributed by atoms with Crippen LogP contribution in [-0.2, 0) is 4.79 Å². The van der Waals surface area contributed by atoms with Gasteiger partial charge in [-0.15, -0.1) is 0 Å². The van der Waals surface area contributed by atoms with Gasteiger partial charge in [-0.25, -0.2) is 0 Å². The van der Waals surface area contributed by atoms with Gasteiger partial charge in [-0.05, 0) is 31.5 Å². The first-order chi connectivity index (χ1) is 9.59. The molecule has 20 heavy (non-hydrogen) atoms. The lowest BCUT2D eigenvalue weighted by Crippen LogP contribution is -2.38. The van der Waals surface area contributed by atoms with Crippen LogP contribution in [0.5, 0.6) is 5.75 Å². The number of anilines is 1. The Balaban J connectivity index is 2.16. The SMILES string of the molecule is CCCC1(C(=O)Nc2cc(Br)cc(OC)c2)CCNC1. The van der Waals surface area contributed by atoms with Gasteiger partial charge in [0.15, 0.2) is 0 Å². The Hall–Kier alpha value is -1.07. The molecule has 2 rings (SSSR count). The molecule has 1 amide bonds. The van der Waals surface area contributed by atoms with E-state index < -0.39 is 0 Å². The molecule has 0 saturated carbocycles. The highest BCUT2D eigenvalue weighted by Crippen LogP contribution is 2.33. The molecule has 1 heterocycles. The van der Waals surface area contributed by atoms with E-state index in [0.29, 0.717) is 0 Å². The van der Waals surface area contributed by atoms with E-state index in [9.17, 15) is 4.79 Å². The van der Waals surface area contributed by atoms with Crippen LogP contribution in [0.15, 0.2) is 22.7 Å². The normalized spacial score (nSPS) is 21.8. The van der Waals surface area contributed by atoms with Crippen LogP contribution in [0.25, 0.3) is 0 Å². The van der Waals surface area contributed by atoms with Gasteiger partial charge in [-0.1, -0.05) is 29.3 Å². The van der Waals surface area contributed by atoms with Crippen LogP contribution in [0.4, 0.5) is 5.69 Å². The highest BCUT2D eigenvalue weighted by molar-refractivity contribution is 9.10. The minimum atomic E-state index is -0.274. The van der Waals surface area contributed by atoms with Crippen LogP contribution in [0.3, 0.4) is 0 Å². The summed E-state index contributed by atoms with van der Waals surface area (Å²) in [5.74, 6) is 0.827. The molecule has 1 aromatic rings. The minimum absolute atomic E-state index is 0.101. The van der Waals surface area contributed by atoms with E-state index in [2.05, 4.69) is 33.5 Å². The average molecular weight is 341 g/mol. The Kier molecular flexibility index (Phi) is 5.05. The molecule has 1 aliphatic rings. The van der Waals surface area contributed by atoms with Crippen molar-refractivity contribution >= 4 is 27.5 Å². The molecule has 110 valence electrons. The van der Waals surface area contributed by atoms with Crippen LogP contribution < -0.4 is 15.4 Å². The molecule has 0 radical (unpaired) electrons. The molecular weight excluding hydrogens is 320 g/mol. The molecule has 1 fully saturated rings. The van der Waals surface area contributed by atoms with Gasteiger partial charge in [0.2, 0.25) is 5.91 Å². The van der Waals surface area contributed by atoms with Crippen molar-refractivity contribution in [2.75, 3.05) is 25.5 Å². The number of methoxy groups -OCH3 is 1. The number of amides is 1. The number of nitrogens with one attached hydrogen (secondary N) is 2. The fourth-order valence-electron chi connectivity index (χ4n) is 2.76. The van der Waals surface area contributed by atoms with Crippen molar-refractivity contribution in [2.24, 2.45) is 5.41 Å². The van der Waals surface area contributed by atoms with E-state index in [-0.39, 0.29) is 11.3 Å². The van der Waals surface area contributed by atoms with Crippen molar-refractivity contribution in [1.82, 2.24) is 5.32 Å². The number of benzene rings is 1. The smallest absolute Gasteiger partial charge is 0.231 e. The van der Waals surface area contributed by atoms with Crippen LogP contribution in [0.2, 0.25) is 0 Å². The number of halogens is 1. The first-order valence-corrected chi connectivity index (χ1v) is 7.76. The molecule has 0 spiro atoms. The second-order valence-electron chi connectivity index (χ2n) is 5.29. The maximum Gasteiger partial charge on any atom is 0.231 e. The predicted molar refractivity (Wildman–Crippen MR) is 84.2 cm³/mol. The second-order valence-corrected chi connectivity index (χ2v) is 6.21. The number of ether oxygens (including phenoxy) is 1. The van der Waals surface area contributed by atoms with Gasteiger partial charge in [-0.3, -0.25) is 4.79 Å². The zero-order chi connectivity index (χ0) is 14.6. The van der Waals surface area contributed by atoms with Crippen molar-refractivity contribution in [1.29, 1.82) is 0 Å². The summed E-state index contributed by atoms with van der Waals surface area (Å²) in [5, 5.41) is 6.34. The van der Waals surface area contributed by atoms with E-state index >= 15 is 0 Å². The number of rotatable bonds is 5. The van der Waals surface area contributed by atoms with Gasteiger partial charge in [0.1, 0.15) is 5.75 Å². The minimum Gasteiger partial charge on any atom is -0.497 e. The average Bonchev–Trinajstić information content (AvgIpc) is 2.88. The Labute approximate surface area is 128 Å². The maximum atomic E-state index is 12.6. The van der Waals surface area contributed by atoms with Gasteiger partial charge >= 0.3 is 0 Å². The number of hydrogen-bond donors (Lipinski definition) is 2. The summed E-state index contributed by atoms with van der Waals surface area (Å²) >= 11 is 3.43. The lowest BCUT2D eigenvalue weighted by Gasteiger charge is -2.26. The van der Waals surface area contributed by atoms with Crippen LogP contribution in [-0.4, -0.2) is 26.1 Å². The second kappa shape index (κ2) is 6.59. The van der Waals surface area contributed by atoms with Crippen molar-refractivity contribution in [2.45, 2.75) is 26.2 Å². The maximum absolute atomic E-state index is 12.6. The van der Waals surface area contributed by atoms with E-state index in [1.165, 1.54) is 0 Å². The zero-order valence-corrected chi connectivity index (χ0v) is 13.5. The lowest BCUT2D eigenvalue weighted by molar-refractivity contribution is -0.125. The summed E-state index contributed by atoms with van der Waals surface area (Å²) in [5.41, 5.74) is 0.494. The van der Waals surface area contributed by atoms with Crippen molar-refractivity contribution in [3.63, 3.8) is 0 Å². The highest BCUT2D eigenvalue weighted by Gasteiger charge is 2.40. The third kappa shape index (κ3) is 3.33. The van der Waals surface area contributed by atoms with Crippen molar-refractivity contribution < 1.29 is 9.53 Å². The molecule has 5 heteroatoms. The predicted octanol–water partition coefficient (Wildman–Crippen LogP) is 3.18. The number of hydrogen-bond acceptors (Lipinski definition) is 3. The van der Waals surface area contributed by atoms with Gasteiger partial charge in [0, 0.05) is 22.8 Å². The number of carbonyl (C=O) groups excluding carboxylic acids is 1. The Bertz CT molecular complexity index is 485. The van der Waals surface area contributed by atoms with E-state index in [4.69, 9.17) is 4.74 Å². The third-order valence-corrected chi connectivity index (χ3v) is 4.28. The summed E-state index contributed by atoms with van der Waals surface area (Å²) in [6.07, 6.45) is 2.83. The fraction of sp³-hybridized carbons (Fsp3) is 0.533. The fourth-order valence-corrected chi connectivity index (χ4v) is 3.23. The largest absolute Gasteiger partial charge is 0.497 e. The molecule has 1 atom stereocenters. The first-order valence-electron chi connectivity index (χ1n) is 6.96. The van der Waals surface area contributed by atoms with Crippen LogP contribution in [0, 0.1) is 5.41 Å². The van der Waals surface area contributed by atoms with E-state index in [0.717, 1.165) is 48.3 Å². The molecule has 0 aliphatic carbocycles. The highest BCUT2D eigenvalue weighted by atomic mass is 79.9. The van der Waals surface area contributed by atoms with Crippen LogP contribution in [0.1, 0.15) is 26.2 Å². The molecule has 1 aromatic carbocycles. The Morgan fingerprint density at radius 3 is 2.90 bits per heavy atom. The monoisotopic (exact) mass is 340 g/mol. The standard InChI is InChI=1S/C15H21BrN2O2/c1-3-4-15(5-6-17-10-15)14(19)18-12-7-11(16)8-13(9-12)20-2/h7-9,17H,3-6,10H2,1-2H3,(H,18,19). The molecule has 0 aromatic heterocycles. The lowest BCUT2D eigenvalue weighted by atomic mass is 9.81. The molecular formula is C15H21BrN2O2. The summed E-state index contributed by atoms with van der Waals surface area (Å²) < 4.78 is 6.11. The molecule has 1 saturated heterocycles. The van der Waals surface area contributed by atoms with Gasteiger partial charge in [0.25, 0.3) is 0 Å². The van der Waals surface area contributed by atoms with Gasteiger partial charge in [0.05, 0.1) is 12.5 Å². The zero-order valence-electron chi connectivity index (χ0n) is 12.0. The molecule has 1 aliphatic heterocycles. The van der Waals surface area contributed by atoms with Crippen LogP contribution >= 0.6 is 15.9 Å².